The number of hydrogen-bond acceptors (Lipinski definition) is 14. The maximum atomic E-state index is 15.7. The van der Waals surface area contributed by atoms with Crippen molar-refractivity contribution in [2.24, 2.45) is 33.5 Å². The predicted octanol–water partition coefficient (Wildman–Crippen LogP) is 3.18. The smallest absolute Gasteiger partial charge is 0.304 e. The van der Waals surface area contributed by atoms with Gasteiger partial charge in [0.15, 0.2) is 11.9 Å². The van der Waals surface area contributed by atoms with Crippen molar-refractivity contribution in [3.8, 4) is 0 Å². The summed E-state index contributed by atoms with van der Waals surface area (Å²) in [7, 11) is 0. The highest BCUT2D eigenvalue weighted by molar-refractivity contribution is 5.93. The quantitative estimate of drug-likeness (QED) is 0.240. The third-order valence-corrected chi connectivity index (χ3v) is 13.4. The van der Waals surface area contributed by atoms with Gasteiger partial charge in [0.1, 0.15) is 23.9 Å². The van der Waals surface area contributed by atoms with Crippen LogP contribution in [0.25, 0.3) is 0 Å². The Morgan fingerprint density at radius 2 is 1.34 bits per heavy atom. The fourth-order valence-electron chi connectivity index (χ4n) is 12.0. The largest absolute Gasteiger partial charge is 0.472 e. The van der Waals surface area contributed by atoms with E-state index in [0.29, 0.717) is 6.42 Å². The first-order valence-corrected chi connectivity index (χ1v) is 17.1. The standard InChI is InChI=1S/C36H44O14/c1-16(37)45-24-13-26(47-18(3)39)35-15-44-31(49-20(5)41)32(24,6)23(35)12-25(46-17(2)38)34(8)29(35)28(42)30(48-19(4)40)33(7)22(21-9-10-43-14-21)11-27-36(33,34)50-27/h9-10,14,22-27,29-31H,11-13,15H2,1-8H3/t22-,23-,24+,25+,26-,27+,29-,30-,31-,32-,33+,34+,35+,36+/m0/s1. The van der Waals surface area contributed by atoms with Gasteiger partial charge in [-0.3, -0.25) is 28.8 Å². The van der Waals surface area contributed by atoms with Crippen LogP contribution >= 0.6 is 0 Å². The van der Waals surface area contributed by atoms with E-state index in [1.54, 1.807) is 19.5 Å². The van der Waals surface area contributed by atoms with Gasteiger partial charge in [-0.2, -0.15) is 0 Å². The molecule has 0 aromatic carbocycles. The number of furan rings is 1. The van der Waals surface area contributed by atoms with Crippen LogP contribution in [0.15, 0.2) is 23.0 Å². The molecule has 1 aromatic heterocycles. The first kappa shape index (κ1) is 34.7. The number of hydrogen-bond donors (Lipinski definition) is 0. The Kier molecular flexibility index (Phi) is 7.70. The van der Waals surface area contributed by atoms with Gasteiger partial charge in [-0.25, -0.2) is 0 Å². The van der Waals surface area contributed by atoms with E-state index < -0.39 is 112 Å². The fraction of sp³-hybridized carbons (Fsp3) is 0.722. The van der Waals surface area contributed by atoms with Crippen molar-refractivity contribution < 1.29 is 66.3 Å². The van der Waals surface area contributed by atoms with Crippen LogP contribution in [0.1, 0.15) is 86.1 Å². The monoisotopic (exact) mass is 700 g/mol. The molecule has 6 fully saturated rings. The molecular weight excluding hydrogens is 656 g/mol. The third-order valence-electron chi connectivity index (χ3n) is 13.4. The number of carbonyl (C=O) groups excluding carboxylic acids is 6. The summed E-state index contributed by atoms with van der Waals surface area (Å²) in [6.45, 7) is 11.6. The molecule has 0 radical (unpaired) electrons. The van der Waals surface area contributed by atoms with Gasteiger partial charge < -0.3 is 37.6 Å². The fourth-order valence-corrected chi connectivity index (χ4v) is 12.0. The minimum Gasteiger partial charge on any atom is -0.472 e. The summed E-state index contributed by atoms with van der Waals surface area (Å²) < 4.78 is 48.7. The van der Waals surface area contributed by atoms with Gasteiger partial charge >= 0.3 is 29.8 Å². The molecule has 3 heterocycles. The van der Waals surface area contributed by atoms with Crippen LogP contribution in [-0.4, -0.2) is 84.6 Å². The van der Waals surface area contributed by atoms with E-state index in [4.69, 9.17) is 37.6 Å². The molecule has 4 saturated carbocycles. The number of carbonyl (C=O) groups is 6. The number of esters is 5. The van der Waals surface area contributed by atoms with Crippen LogP contribution < -0.4 is 0 Å². The van der Waals surface area contributed by atoms with Crippen LogP contribution in [-0.2, 0) is 61.9 Å². The lowest BCUT2D eigenvalue weighted by Crippen LogP contribution is -2.82. The van der Waals surface area contributed by atoms with E-state index >= 15 is 4.79 Å². The average Bonchev–Trinajstić information content (AvgIpc) is 3.36. The van der Waals surface area contributed by atoms with Crippen molar-refractivity contribution in [3.05, 3.63) is 24.2 Å². The Balaban J connectivity index is 1.51. The second-order valence-electron chi connectivity index (χ2n) is 15.6. The topological polar surface area (TPSA) is 183 Å². The molecule has 4 aliphatic carbocycles. The second-order valence-corrected chi connectivity index (χ2v) is 15.6. The number of ether oxygens (including phenoxy) is 7. The van der Waals surface area contributed by atoms with Gasteiger partial charge in [0.05, 0.1) is 36.1 Å². The minimum absolute atomic E-state index is 0.0458. The van der Waals surface area contributed by atoms with Gasteiger partial charge in [-0.05, 0) is 37.3 Å². The zero-order valence-electron chi connectivity index (χ0n) is 29.5. The number of epoxide rings is 1. The molecular formula is C36H44O14. The molecule has 2 aliphatic heterocycles. The lowest BCUT2D eigenvalue weighted by molar-refractivity contribution is -0.374. The molecule has 14 nitrogen and oxygen atoms in total. The van der Waals surface area contributed by atoms with Crippen LogP contribution in [0.5, 0.6) is 0 Å². The van der Waals surface area contributed by atoms with Crippen molar-refractivity contribution in [1.82, 2.24) is 0 Å². The van der Waals surface area contributed by atoms with E-state index in [1.165, 1.54) is 34.6 Å². The molecule has 14 heteroatoms. The van der Waals surface area contributed by atoms with Gasteiger partial charge in [0.25, 0.3) is 0 Å². The predicted molar refractivity (Wildman–Crippen MR) is 165 cm³/mol. The molecule has 0 amide bonds. The highest BCUT2D eigenvalue weighted by atomic mass is 16.7. The first-order chi connectivity index (χ1) is 23.4. The van der Waals surface area contributed by atoms with Crippen LogP contribution in [0.3, 0.4) is 0 Å². The van der Waals surface area contributed by atoms with Crippen molar-refractivity contribution >= 4 is 35.6 Å². The Labute approximate surface area is 289 Å². The van der Waals surface area contributed by atoms with Gasteiger partial charge in [-0.15, -0.1) is 0 Å². The Morgan fingerprint density at radius 1 is 0.740 bits per heavy atom. The van der Waals surface area contributed by atoms with Gasteiger partial charge in [0, 0.05) is 63.7 Å². The summed E-state index contributed by atoms with van der Waals surface area (Å²) in [5.74, 6) is -5.88. The molecule has 1 spiro atoms. The van der Waals surface area contributed by atoms with Crippen LogP contribution in [0, 0.1) is 33.5 Å². The Bertz CT molecular complexity index is 1650. The molecule has 0 N–H and O–H groups in total. The Hall–Kier alpha value is -3.78. The maximum Gasteiger partial charge on any atom is 0.304 e. The molecule has 0 unspecified atom stereocenters. The van der Waals surface area contributed by atoms with Gasteiger partial charge in [0.2, 0.25) is 6.29 Å². The van der Waals surface area contributed by atoms with Gasteiger partial charge in [-0.1, -0.05) is 13.8 Å². The summed E-state index contributed by atoms with van der Waals surface area (Å²) in [6, 6.07) is 1.82. The molecule has 50 heavy (non-hydrogen) atoms. The lowest BCUT2D eigenvalue weighted by Gasteiger charge is -2.73. The number of ketones is 1. The van der Waals surface area contributed by atoms with Crippen LogP contribution in [0.2, 0.25) is 0 Å². The summed E-state index contributed by atoms with van der Waals surface area (Å²) >= 11 is 0. The van der Waals surface area contributed by atoms with Crippen LogP contribution in [0.4, 0.5) is 0 Å². The molecule has 14 atom stereocenters. The zero-order valence-corrected chi connectivity index (χ0v) is 29.5. The zero-order chi connectivity index (χ0) is 36.3. The molecule has 2 saturated heterocycles. The highest BCUT2D eigenvalue weighted by Crippen LogP contribution is 2.83. The molecule has 1 aromatic rings. The van der Waals surface area contributed by atoms with Crippen molar-refractivity contribution in [3.63, 3.8) is 0 Å². The third kappa shape index (κ3) is 4.20. The number of Topliss-reactive ketones (excluding diaryl/α,β-unsaturated/α-hetero) is 1. The van der Waals surface area contributed by atoms with Crippen molar-refractivity contribution in [1.29, 1.82) is 0 Å². The summed E-state index contributed by atoms with van der Waals surface area (Å²) in [4.78, 5) is 79.5. The van der Waals surface area contributed by atoms with E-state index in [9.17, 15) is 24.0 Å². The maximum absolute atomic E-state index is 15.7. The summed E-state index contributed by atoms with van der Waals surface area (Å²) in [5.41, 5.74) is -5.48. The molecule has 7 rings (SSSR count). The summed E-state index contributed by atoms with van der Waals surface area (Å²) in [6.07, 6.45) is -2.37. The first-order valence-electron chi connectivity index (χ1n) is 17.1. The lowest BCUT2D eigenvalue weighted by atomic mass is 9.33. The number of fused-ring (bicyclic) bond motifs is 1. The number of rotatable bonds is 6. The molecule has 272 valence electrons. The molecule has 6 aliphatic rings. The molecule has 2 bridgehead atoms. The van der Waals surface area contributed by atoms with Crippen molar-refractivity contribution in [2.75, 3.05) is 6.61 Å². The normalized spacial score (nSPS) is 46.6. The van der Waals surface area contributed by atoms with E-state index in [0.717, 1.165) is 5.56 Å². The summed E-state index contributed by atoms with van der Waals surface area (Å²) in [5, 5.41) is 0. The second kappa shape index (κ2) is 11.1. The van der Waals surface area contributed by atoms with E-state index in [2.05, 4.69) is 0 Å². The SMILES string of the molecule is CC(=O)O[C@@H]1OC[C@]23[C@@H](OC(C)=O)C[C@@H](OC(C)=O)[C@]1(C)[C@@H]2C[C@@H](OC(C)=O)[C@]1(C)[C@@H]3C(=O)[C@H](OC(C)=O)[C@@]2(C)[C@H](c3ccoc3)C[C@H]3O[C@@]312. The minimum atomic E-state index is -1.37. The highest BCUT2D eigenvalue weighted by Gasteiger charge is 2.93. The van der Waals surface area contributed by atoms with E-state index in [1.807, 2.05) is 19.9 Å². The average molecular weight is 701 g/mol. The van der Waals surface area contributed by atoms with Crippen molar-refractivity contribution in [2.45, 2.75) is 123 Å². The Morgan fingerprint density at radius 3 is 1.92 bits per heavy atom. The van der Waals surface area contributed by atoms with E-state index in [-0.39, 0.29) is 25.4 Å².